The number of aryl methyl sites for hydroxylation is 2. The molecule has 0 bridgehead atoms. The summed E-state index contributed by atoms with van der Waals surface area (Å²) in [5.41, 5.74) is -4.41. The van der Waals surface area contributed by atoms with Crippen LogP contribution in [0.4, 0.5) is 26.3 Å². The Morgan fingerprint density at radius 1 is 0.920 bits per heavy atom. The molecule has 0 spiro atoms. The summed E-state index contributed by atoms with van der Waals surface area (Å²) < 4.78 is 84.8. The second kappa shape index (κ2) is 6.63. The van der Waals surface area contributed by atoms with Crippen LogP contribution in [0.5, 0.6) is 0 Å². The number of hydrogen-bond donors (Lipinski definition) is 0. The number of hydrogen-bond acceptors (Lipinski definition) is 0. The van der Waals surface area contributed by atoms with E-state index in [4.69, 9.17) is 0 Å². The van der Waals surface area contributed by atoms with Gasteiger partial charge in [0.25, 0.3) is 0 Å². The van der Waals surface area contributed by atoms with Crippen molar-refractivity contribution in [1.29, 1.82) is 0 Å². The Morgan fingerprint density at radius 2 is 1.48 bits per heavy atom. The summed E-state index contributed by atoms with van der Waals surface area (Å²) in [7, 11) is 0. The van der Waals surface area contributed by atoms with Crippen molar-refractivity contribution in [1.82, 2.24) is 0 Å². The van der Waals surface area contributed by atoms with Crippen molar-refractivity contribution >= 4 is 22.6 Å². The molecule has 25 heavy (non-hydrogen) atoms. The molecule has 0 aromatic heterocycles. The third-order valence-corrected chi connectivity index (χ3v) is 6.14. The lowest BCUT2D eigenvalue weighted by Crippen LogP contribution is -2.55. The lowest BCUT2D eigenvalue weighted by atomic mass is 9.68. The predicted octanol–water partition coefficient (Wildman–Crippen LogP) is 6.95. The summed E-state index contributed by atoms with van der Waals surface area (Å²) in [6, 6.07) is 3.26. The van der Waals surface area contributed by atoms with Crippen molar-refractivity contribution in [3.05, 3.63) is 56.2 Å². The first-order valence-electron chi connectivity index (χ1n) is 7.60. The molecule has 1 aromatic carbocycles. The summed E-state index contributed by atoms with van der Waals surface area (Å²) >= 11 is 1.94. The van der Waals surface area contributed by atoms with Crippen LogP contribution in [0.3, 0.4) is 0 Å². The van der Waals surface area contributed by atoms with Crippen LogP contribution in [0, 0.1) is 19.8 Å². The highest BCUT2D eigenvalue weighted by Gasteiger charge is 2.73. The smallest absolute Gasteiger partial charge is 0.169 e. The van der Waals surface area contributed by atoms with Gasteiger partial charge in [-0.25, -0.2) is 0 Å². The van der Waals surface area contributed by atoms with Crippen LogP contribution in [0.1, 0.15) is 30.0 Å². The quantitative estimate of drug-likeness (QED) is 0.322. The largest absolute Gasteiger partial charge is 0.410 e. The van der Waals surface area contributed by atoms with E-state index in [1.165, 1.54) is 19.1 Å². The van der Waals surface area contributed by atoms with Crippen LogP contribution in [0.15, 0.2) is 39.5 Å². The topological polar surface area (TPSA) is 0 Å². The minimum absolute atomic E-state index is 0.291. The molecule has 138 valence electrons. The molecule has 1 atom stereocenters. The number of benzene rings is 1. The minimum atomic E-state index is -5.50. The van der Waals surface area contributed by atoms with Gasteiger partial charge in [-0.2, -0.15) is 26.3 Å². The molecule has 0 N–H and O–H groups in total. The summed E-state index contributed by atoms with van der Waals surface area (Å²) in [5.74, 6) is -0.392. The van der Waals surface area contributed by atoms with Crippen molar-refractivity contribution in [2.24, 2.45) is 5.92 Å². The molecule has 1 aliphatic rings. The molecule has 0 fully saturated rings. The Labute approximate surface area is 156 Å². The summed E-state index contributed by atoms with van der Waals surface area (Å²) in [5, 5.41) is 0. The van der Waals surface area contributed by atoms with Crippen molar-refractivity contribution < 1.29 is 26.3 Å². The van der Waals surface area contributed by atoms with Gasteiger partial charge in [0.15, 0.2) is 0 Å². The normalized spacial score (nSPS) is 19.5. The Hall–Kier alpha value is -0.990. The van der Waals surface area contributed by atoms with Crippen molar-refractivity contribution in [2.75, 3.05) is 0 Å². The maximum atomic E-state index is 14.0. The van der Waals surface area contributed by atoms with Crippen molar-refractivity contribution in [2.45, 2.75) is 45.0 Å². The molecule has 1 aliphatic carbocycles. The van der Waals surface area contributed by atoms with Gasteiger partial charge in [0.1, 0.15) is 0 Å². The third kappa shape index (κ3) is 3.36. The Morgan fingerprint density at radius 3 is 1.92 bits per heavy atom. The molecule has 7 heteroatoms. The van der Waals surface area contributed by atoms with E-state index < -0.39 is 34.8 Å². The van der Waals surface area contributed by atoms with E-state index in [1.54, 1.807) is 13.8 Å². The van der Waals surface area contributed by atoms with Gasteiger partial charge in [-0.15, -0.1) is 0 Å². The third-order valence-electron chi connectivity index (χ3n) is 4.71. The molecule has 0 saturated carbocycles. The maximum Gasteiger partial charge on any atom is 0.410 e. The van der Waals surface area contributed by atoms with Crippen LogP contribution < -0.4 is 0 Å². The monoisotopic (exact) mass is 474 g/mol. The molecule has 0 nitrogen and oxygen atoms in total. The number of alkyl halides is 6. The van der Waals surface area contributed by atoms with Gasteiger partial charge >= 0.3 is 12.4 Å². The fraction of sp³-hybridized carbons (Fsp3) is 0.444. The molecule has 0 saturated heterocycles. The van der Waals surface area contributed by atoms with Gasteiger partial charge in [-0.3, -0.25) is 0 Å². The van der Waals surface area contributed by atoms with Crippen LogP contribution in [0.25, 0.3) is 0 Å². The zero-order chi connectivity index (χ0) is 19.2. The fourth-order valence-electron chi connectivity index (χ4n) is 3.13. The summed E-state index contributed by atoms with van der Waals surface area (Å²) in [6.07, 6.45) is -8.97. The standard InChI is InChI=1S/C18H17F6I/c1-10-4-5-13(8-11(10)2)16(17(19,20)21,18(22,23)24)14-6-7-15(25)12(3)9-14/h4-8,12H,9H2,1-3H3. The van der Waals surface area contributed by atoms with Gasteiger partial charge in [0, 0.05) is 0 Å². The van der Waals surface area contributed by atoms with Crippen LogP contribution >= 0.6 is 22.6 Å². The Bertz CT molecular complexity index is 710. The van der Waals surface area contributed by atoms with Gasteiger partial charge < -0.3 is 0 Å². The van der Waals surface area contributed by atoms with E-state index in [-0.39, 0.29) is 6.42 Å². The second-order valence-electron chi connectivity index (χ2n) is 6.39. The van der Waals surface area contributed by atoms with Crippen LogP contribution in [-0.4, -0.2) is 12.4 Å². The molecule has 0 aliphatic heterocycles. The lowest BCUT2D eigenvalue weighted by Gasteiger charge is -2.41. The Balaban J connectivity index is 2.86. The molecule has 2 rings (SSSR count). The van der Waals surface area contributed by atoms with Crippen LogP contribution in [-0.2, 0) is 5.41 Å². The highest BCUT2D eigenvalue weighted by Crippen LogP contribution is 2.58. The summed E-state index contributed by atoms with van der Waals surface area (Å²) in [4.78, 5) is 0. The highest BCUT2D eigenvalue weighted by atomic mass is 127. The number of allylic oxidation sites excluding steroid dienone is 4. The highest BCUT2D eigenvalue weighted by molar-refractivity contribution is 14.1. The summed E-state index contributed by atoms with van der Waals surface area (Å²) in [6.45, 7) is 4.79. The van der Waals surface area contributed by atoms with Crippen LogP contribution in [0.2, 0.25) is 0 Å². The minimum Gasteiger partial charge on any atom is -0.169 e. The van der Waals surface area contributed by atoms with Crippen molar-refractivity contribution in [3.63, 3.8) is 0 Å². The molecule has 0 amide bonds. The van der Waals surface area contributed by atoms with E-state index >= 15 is 0 Å². The van der Waals surface area contributed by atoms with E-state index in [0.29, 0.717) is 11.1 Å². The zero-order valence-corrected chi connectivity index (χ0v) is 16.0. The molecule has 1 aromatic rings. The van der Waals surface area contributed by atoms with E-state index in [9.17, 15) is 26.3 Å². The molecular weight excluding hydrogens is 457 g/mol. The maximum absolute atomic E-state index is 14.0. The van der Waals surface area contributed by atoms with Gasteiger partial charge in [-0.05, 0) is 74.6 Å². The first-order valence-corrected chi connectivity index (χ1v) is 8.68. The van der Waals surface area contributed by atoms with E-state index in [2.05, 4.69) is 0 Å². The van der Waals surface area contributed by atoms with Gasteiger partial charge in [0.2, 0.25) is 5.41 Å². The average molecular weight is 474 g/mol. The first kappa shape index (κ1) is 20.3. The first-order chi connectivity index (χ1) is 11.3. The second-order valence-corrected chi connectivity index (χ2v) is 7.64. The zero-order valence-electron chi connectivity index (χ0n) is 13.8. The van der Waals surface area contributed by atoms with E-state index in [0.717, 1.165) is 21.8 Å². The molecular formula is C18H17F6I. The molecule has 0 heterocycles. The fourth-order valence-corrected chi connectivity index (χ4v) is 3.53. The van der Waals surface area contributed by atoms with Crippen molar-refractivity contribution in [3.8, 4) is 0 Å². The lowest BCUT2D eigenvalue weighted by molar-refractivity contribution is -0.290. The number of halogens is 7. The van der Waals surface area contributed by atoms with E-state index in [1.807, 2.05) is 22.6 Å². The SMILES string of the molecule is Cc1ccc(C(C2=CC=C(I)C(C)C2)(C(F)(F)F)C(F)(F)F)cc1C. The molecule has 0 radical (unpaired) electrons. The molecule has 1 unspecified atom stereocenters. The van der Waals surface area contributed by atoms with Gasteiger partial charge in [0.05, 0.1) is 0 Å². The number of rotatable bonds is 2. The average Bonchev–Trinajstić information content (AvgIpc) is 2.44. The van der Waals surface area contributed by atoms with Gasteiger partial charge in [-0.1, -0.05) is 37.3 Å². The Kier molecular flexibility index (Phi) is 5.39. The predicted molar refractivity (Wildman–Crippen MR) is 93.7 cm³/mol.